The normalized spacial score (nSPS) is 10.3. The van der Waals surface area contributed by atoms with Crippen LogP contribution in [0.25, 0.3) is 0 Å². The molecular formula is C22H22N2O5. The van der Waals surface area contributed by atoms with Gasteiger partial charge < -0.3 is 13.9 Å². The number of hydrogen-bond acceptors (Lipinski definition) is 5. The van der Waals surface area contributed by atoms with Gasteiger partial charge in [-0.25, -0.2) is 0 Å². The molecule has 0 aliphatic heterocycles. The predicted octanol–water partition coefficient (Wildman–Crippen LogP) is 3.56. The second-order valence-electron chi connectivity index (χ2n) is 6.38. The molecule has 2 amide bonds. The highest BCUT2D eigenvalue weighted by molar-refractivity contribution is 5.99. The summed E-state index contributed by atoms with van der Waals surface area (Å²) >= 11 is 0. The van der Waals surface area contributed by atoms with Gasteiger partial charge in [0, 0.05) is 5.56 Å². The third-order valence-corrected chi connectivity index (χ3v) is 4.24. The van der Waals surface area contributed by atoms with Crippen molar-refractivity contribution in [2.45, 2.75) is 20.5 Å². The van der Waals surface area contributed by atoms with E-state index in [1.54, 1.807) is 38.1 Å². The van der Waals surface area contributed by atoms with E-state index in [-0.39, 0.29) is 0 Å². The first-order chi connectivity index (χ1) is 14.0. The molecule has 0 saturated carbocycles. The van der Waals surface area contributed by atoms with E-state index in [2.05, 4.69) is 10.9 Å². The van der Waals surface area contributed by atoms with Crippen LogP contribution in [0.3, 0.4) is 0 Å². The van der Waals surface area contributed by atoms with Crippen LogP contribution in [-0.2, 0) is 6.61 Å². The molecule has 2 N–H and O–H groups in total. The highest BCUT2D eigenvalue weighted by atomic mass is 16.5. The summed E-state index contributed by atoms with van der Waals surface area (Å²) in [6.07, 6.45) is 0. The predicted molar refractivity (Wildman–Crippen MR) is 107 cm³/mol. The van der Waals surface area contributed by atoms with Crippen LogP contribution in [0.4, 0.5) is 0 Å². The molecule has 7 heteroatoms. The van der Waals surface area contributed by atoms with Crippen LogP contribution in [0.2, 0.25) is 0 Å². The number of benzene rings is 2. The van der Waals surface area contributed by atoms with Gasteiger partial charge in [0.2, 0.25) is 0 Å². The van der Waals surface area contributed by atoms with Crippen molar-refractivity contribution in [3.8, 4) is 11.5 Å². The van der Waals surface area contributed by atoms with Crippen LogP contribution in [0, 0.1) is 13.8 Å². The molecule has 0 atom stereocenters. The van der Waals surface area contributed by atoms with Gasteiger partial charge in [0.1, 0.15) is 18.1 Å². The molecule has 0 fully saturated rings. The number of methoxy groups -OCH3 is 1. The number of hydrazine groups is 1. The molecule has 3 aromatic rings. The minimum absolute atomic E-state index is 0.314. The molecule has 2 aromatic carbocycles. The van der Waals surface area contributed by atoms with Crippen LogP contribution in [0.15, 0.2) is 59.0 Å². The first-order valence-corrected chi connectivity index (χ1v) is 9.00. The van der Waals surface area contributed by atoms with Gasteiger partial charge in [0.25, 0.3) is 11.8 Å². The van der Waals surface area contributed by atoms with Gasteiger partial charge in [0.05, 0.1) is 12.7 Å². The summed E-state index contributed by atoms with van der Waals surface area (Å²) in [4.78, 5) is 24.6. The van der Waals surface area contributed by atoms with E-state index in [0.29, 0.717) is 40.8 Å². The Morgan fingerprint density at radius 3 is 2.31 bits per heavy atom. The molecule has 150 valence electrons. The summed E-state index contributed by atoms with van der Waals surface area (Å²) in [5.74, 6) is 1.10. The van der Waals surface area contributed by atoms with Gasteiger partial charge in [-0.1, -0.05) is 30.3 Å². The monoisotopic (exact) mass is 394 g/mol. The van der Waals surface area contributed by atoms with Crippen molar-refractivity contribution in [1.29, 1.82) is 0 Å². The molecule has 0 spiro atoms. The summed E-state index contributed by atoms with van der Waals surface area (Å²) in [5, 5.41) is 0. The Hall–Kier alpha value is -3.74. The third-order valence-electron chi connectivity index (χ3n) is 4.24. The van der Waals surface area contributed by atoms with E-state index in [0.717, 1.165) is 5.56 Å². The van der Waals surface area contributed by atoms with Gasteiger partial charge in [0.15, 0.2) is 11.5 Å². The zero-order valence-corrected chi connectivity index (χ0v) is 16.4. The number of nitrogens with one attached hydrogen (secondary N) is 2. The standard InChI is InChI=1S/C22H22N2O5/c1-14-11-18(15(2)29-14)22(26)24-23-21(25)17-9-10-19(20(12-17)27-3)28-13-16-7-5-4-6-8-16/h4-12H,13H2,1-3H3,(H,23,25)(H,24,26). The molecule has 0 aliphatic carbocycles. The molecule has 0 bridgehead atoms. The van der Waals surface area contributed by atoms with Crippen molar-refractivity contribution in [3.63, 3.8) is 0 Å². The van der Waals surface area contributed by atoms with Crippen LogP contribution in [0.1, 0.15) is 37.8 Å². The lowest BCUT2D eigenvalue weighted by molar-refractivity contribution is 0.0845. The summed E-state index contributed by atoms with van der Waals surface area (Å²) in [5.41, 5.74) is 6.46. The number of carbonyl (C=O) groups excluding carboxylic acids is 2. The quantitative estimate of drug-likeness (QED) is 0.624. The molecule has 1 heterocycles. The summed E-state index contributed by atoms with van der Waals surface area (Å²) < 4.78 is 16.4. The summed E-state index contributed by atoms with van der Waals surface area (Å²) in [6.45, 7) is 3.81. The summed E-state index contributed by atoms with van der Waals surface area (Å²) in [6, 6.07) is 16.1. The number of ether oxygens (including phenoxy) is 2. The van der Waals surface area contributed by atoms with Gasteiger partial charge in [-0.2, -0.15) is 0 Å². The van der Waals surface area contributed by atoms with E-state index >= 15 is 0 Å². The number of furan rings is 1. The maximum absolute atomic E-state index is 12.4. The Labute approximate surface area is 168 Å². The maximum atomic E-state index is 12.4. The van der Waals surface area contributed by atoms with Crippen molar-refractivity contribution in [1.82, 2.24) is 10.9 Å². The molecule has 0 saturated heterocycles. The van der Waals surface area contributed by atoms with Crippen LogP contribution >= 0.6 is 0 Å². The Kier molecular flexibility index (Phi) is 6.19. The topological polar surface area (TPSA) is 89.8 Å². The first kappa shape index (κ1) is 20.0. The van der Waals surface area contributed by atoms with Crippen molar-refractivity contribution in [2.24, 2.45) is 0 Å². The van der Waals surface area contributed by atoms with Crippen molar-refractivity contribution in [3.05, 3.63) is 82.8 Å². The van der Waals surface area contributed by atoms with Crippen molar-refractivity contribution >= 4 is 11.8 Å². The number of amides is 2. The molecule has 0 aliphatic rings. The zero-order chi connectivity index (χ0) is 20.8. The number of hydrogen-bond donors (Lipinski definition) is 2. The lowest BCUT2D eigenvalue weighted by Crippen LogP contribution is -2.41. The SMILES string of the molecule is COc1cc(C(=O)NNC(=O)c2cc(C)oc2C)ccc1OCc1ccccc1. The smallest absolute Gasteiger partial charge is 0.273 e. The fourth-order valence-corrected chi connectivity index (χ4v) is 2.77. The van der Waals surface area contributed by atoms with Gasteiger partial charge >= 0.3 is 0 Å². The Morgan fingerprint density at radius 2 is 1.66 bits per heavy atom. The number of carbonyl (C=O) groups is 2. The molecular weight excluding hydrogens is 372 g/mol. The lowest BCUT2D eigenvalue weighted by atomic mass is 10.2. The number of aryl methyl sites for hydroxylation is 2. The van der Waals surface area contributed by atoms with E-state index in [1.807, 2.05) is 30.3 Å². The molecule has 29 heavy (non-hydrogen) atoms. The highest BCUT2D eigenvalue weighted by Gasteiger charge is 2.16. The third kappa shape index (κ3) is 4.95. The molecule has 0 radical (unpaired) electrons. The maximum Gasteiger partial charge on any atom is 0.273 e. The average Bonchev–Trinajstić information content (AvgIpc) is 3.08. The van der Waals surface area contributed by atoms with Crippen molar-refractivity contribution in [2.75, 3.05) is 7.11 Å². The fraction of sp³-hybridized carbons (Fsp3) is 0.182. The zero-order valence-electron chi connectivity index (χ0n) is 16.4. The Balaban J connectivity index is 1.63. The van der Waals surface area contributed by atoms with E-state index in [1.165, 1.54) is 7.11 Å². The largest absolute Gasteiger partial charge is 0.493 e. The molecule has 3 rings (SSSR count). The summed E-state index contributed by atoms with van der Waals surface area (Å²) in [7, 11) is 1.50. The Bertz CT molecular complexity index is 1010. The molecule has 0 unspecified atom stereocenters. The van der Waals surface area contributed by atoms with E-state index < -0.39 is 11.8 Å². The van der Waals surface area contributed by atoms with Crippen molar-refractivity contribution < 1.29 is 23.5 Å². The highest BCUT2D eigenvalue weighted by Crippen LogP contribution is 2.28. The van der Waals surface area contributed by atoms with E-state index in [9.17, 15) is 9.59 Å². The van der Waals surface area contributed by atoms with E-state index in [4.69, 9.17) is 13.9 Å². The van der Waals surface area contributed by atoms with Gasteiger partial charge in [-0.3, -0.25) is 20.4 Å². The van der Waals surface area contributed by atoms with Crippen LogP contribution in [-0.4, -0.2) is 18.9 Å². The molecule has 7 nitrogen and oxygen atoms in total. The first-order valence-electron chi connectivity index (χ1n) is 9.00. The van der Waals surface area contributed by atoms with Crippen LogP contribution in [0.5, 0.6) is 11.5 Å². The second-order valence-corrected chi connectivity index (χ2v) is 6.38. The molecule has 1 aromatic heterocycles. The minimum atomic E-state index is -0.482. The number of rotatable bonds is 6. The van der Waals surface area contributed by atoms with Crippen LogP contribution < -0.4 is 20.3 Å². The fourth-order valence-electron chi connectivity index (χ4n) is 2.77. The minimum Gasteiger partial charge on any atom is -0.493 e. The van der Waals surface area contributed by atoms with Gasteiger partial charge in [-0.05, 0) is 43.7 Å². The van der Waals surface area contributed by atoms with Gasteiger partial charge in [-0.15, -0.1) is 0 Å². The Morgan fingerprint density at radius 1 is 0.931 bits per heavy atom. The second kappa shape index (κ2) is 8.97. The lowest BCUT2D eigenvalue weighted by Gasteiger charge is -2.13. The average molecular weight is 394 g/mol.